The third-order valence-corrected chi connectivity index (χ3v) is 6.37. The molecule has 2 aliphatic rings. The fraction of sp³-hybridized carbons (Fsp3) is 0.185. The number of methoxy groups -OCH3 is 1. The van der Waals surface area contributed by atoms with Gasteiger partial charge in [-0.1, -0.05) is 24.3 Å². The highest BCUT2D eigenvalue weighted by atomic mass is 16.7. The van der Waals surface area contributed by atoms with Crippen molar-refractivity contribution in [2.45, 2.75) is 19.6 Å². The summed E-state index contributed by atoms with van der Waals surface area (Å²) in [6.07, 6.45) is 3.00. The molecule has 0 aliphatic carbocycles. The third-order valence-electron chi connectivity index (χ3n) is 6.37. The van der Waals surface area contributed by atoms with Crippen LogP contribution in [-0.2, 0) is 19.6 Å². The Kier molecular flexibility index (Phi) is 4.76. The van der Waals surface area contributed by atoms with Crippen molar-refractivity contribution in [3.8, 4) is 34.3 Å². The van der Waals surface area contributed by atoms with Crippen LogP contribution >= 0.6 is 0 Å². The molecule has 0 N–H and O–H groups in total. The molecule has 0 amide bonds. The van der Waals surface area contributed by atoms with Gasteiger partial charge < -0.3 is 28.8 Å². The van der Waals surface area contributed by atoms with Crippen molar-refractivity contribution in [2.75, 3.05) is 13.9 Å². The van der Waals surface area contributed by atoms with E-state index < -0.39 is 5.97 Å². The number of carboxylic acids is 1. The van der Waals surface area contributed by atoms with E-state index in [0.717, 1.165) is 52.1 Å². The molecule has 7 nitrogen and oxygen atoms in total. The average Bonchev–Trinajstić information content (AvgIpc) is 3.32. The number of carbonyl (C=O) groups is 1. The molecule has 4 aromatic rings. The molecule has 0 unspecified atom stereocenters. The van der Waals surface area contributed by atoms with Gasteiger partial charge >= 0.3 is 0 Å². The lowest BCUT2D eigenvalue weighted by molar-refractivity contribution is -0.686. The summed E-state index contributed by atoms with van der Waals surface area (Å²) in [7, 11) is 1.62. The van der Waals surface area contributed by atoms with E-state index in [4.69, 9.17) is 18.9 Å². The van der Waals surface area contributed by atoms with E-state index in [-0.39, 0.29) is 19.0 Å². The van der Waals surface area contributed by atoms with Crippen LogP contribution in [0.5, 0.6) is 23.0 Å². The second-order valence-corrected chi connectivity index (χ2v) is 8.34. The first-order valence-corrected chi connectivity index (χ1v) is 11.0. The molecule has 0 radical (unpaired) electrons. The zero-order valence-corrected chi connectivity index (χ0v) is 18.5. The van der Waals surface area contributed by atoms with E-state index in [2.05, 4.69) is 29.0 Å². The van der Waals surface area contributed by atoms with Gasteiger partial charge in [-0.05, 0) is 46.3 Å². The molecular weight excluding hydrogens is 434 g/mol. The van der Waals surface area contributed by atoms with Crippen molar-refractivity contribution in [2.24, 2.45) is 0 Å². The first kappa shape index (κ1) is 20.4. The third kappa shape index (κ3) is 3.37. The van der Waals surface area contributed by atoms with Crippen LogP contribution in [0.1, 0.15) is 21.5 Å². The summed E-state index contributed by atoms with van der Waals surface area (Å²) in [5, 5.41) is 13.0. The largest absolute Gasteiger partial charge is 0.545 e. The number of benzene rings is 3. The summed E-state index contributed by atoms with van der Waals surface area (Å²) in [6, 6.07) is 16.7. The van der Waals surface area contributed by atoms with Crippen LogP contribution in [0.15, 0.2) is 60.8 Å². The number of rotatable bonds is 5. The molecule has 7 heteroatoms. The fourth-order valence-electron chi connectivity index (χ4n) is 4.60. The number of aryl methyl sites for hydroxylation is 2. The number of carboxylic acid groups (broad SMARTS) is 1. The molecule has 3 aromatic carbocycles. The number of carbonyl (C=O) groups excluding carboxylic acids is 1. The number of nitrogens with zero attached hydrogens (tertiary/aromatic N) is 1. The molecule has 0 atom stereocenters. The average molecular weight is 455 g/mol. The summed E-state index contributed by atoms with van der Waals surface area (Å²) in [4.78, 5) is 11.0. The van der Waals surface area contributed by atoms with Gasteiger partial charge in [0.15, 0.2) is 35.7 Å². The normalized spacial score (nSPS) is 13.3. The molecule has 0 bridgehead atoms. The van der Waals surface area contributed by atoms with Gasteiger partial charge in [-0.15, -0.1) is 0 Å². The van der Waals surface area contributed by atoms with Crippen molar-refractivity contribution >= 4 is 16.7 Å². The SMILES string of the molecule is COc1ccc2cc3[n+](cc2c1OCc1ccc(C(=O)[O-])cc1)CCc1cc2c(cc1-3)OCO2. The fourth-order valence-corrected chi connectivity index (χ4v) is 4.60. The predicted octanol–water partition coefficient (Wildman–Crippen LogP) is 3.03. The molecule has 2 aliphatic heterocycles. The maximum absolute atomic E-state index is 11.0. The van der Waals surface area contributed by atoms with Crippen molar-refractivity contribution in [3.05, 3.63) is 77.5 Å². The van der Waals surface area contributed by atoms with Gasteiger partial charge in [0.2, 0.25) is 12.5 Å². The summed E-state index contributed by atoms with van der Waals surface area (Å²) in [5.41, 5.74) is 4.48. The lowest BCUT2D eigenvalue weighted by Crippen LogP contribution is -2.40. The van der Waals surface area contributed by atoms with Crippen LogP contribution in [0.25, 0.3) is 22.0 Å². The Bertz CT molecular complexity index is 1440. The molecule has 0 spiro atoms. The molecule has 170 valence electrons. The molecule has 0 saturated carbocycles. The first-order valence-electron chi connectivity index (χ1n) is 11.0. The highest BCUT2D eigenvalue weighted by molar-refractivity contribution is 5.92. The molecule has 1 aromatic heterocycles. The summed E-state index contributed by atoms with van der Waals surface area (Å²) in [6.45, 7) is 1.36. The van der Waals surface area contributed by atoms with Gasteiger partial charge in [-0.25, -0.2) is 0 Å². The van der Waals surface area contributed by atoms with Gasteiger partial charge in [-0.2, -0.15) is 4.57 Å². The Hall–Kier alpha value is -4.26. The lowest BCUT2D eigenvalue weighted by atomic mass is 9.95. The zero-order valence-electron chi connectivity index (χ0n) is 18.5. The van der Waals surface area contributed by atoms with Crippen LogP contribution in [0.2, 0.25) is 0 Å². The Morgan fingerprint density at radius 3 is 2.62 bits per heavy atom. The van der Waals surface area contributed by atoms with Gasteiger partial charge in [-0.3, -0.25) is 0 Å². The number of hydrogen-bond acceptors (Lipinski definition) is 6. The van der Waals surface area contributed by atoms with E-state index in [1.807, 2.05) is 12.1 Å². The smallest absolute Gasteiger partial charge is 0.231 e. The maximum atomic E-state index is 11.0. The van der Waals surface area contributed by atoms with Crippen LogP contribution < -0.4 is 28.6 Å². The highest BCUT2D eigenvalue weighted by Crippen LogP contribution is 2.41. The second-order valence-electron chi connectivity index (χ2n) is 8.34. The molecule has 3 heterocycles. The number of ether oxygens (including phenoxy) is 4. The maximum Gasteiger partial charge on any atom is 0.231 e. The molecule has 6 rings (SSSR count). The predicted molar refractivity (Wildman–Crippen MR) is 121 cm³/mol. The topological polar surface area (TPSA) is 80.9 Å². The summed E-state index contributed by atoms with van der Waals surface area (Å²) in [5.74, 6) is 1.67. The van der Waals surface area contributed by atoms with E-state index in [1.165, 1.54) is 17.7 Å². The summed E-state index contributed by atoms with van der Waals surface area (Å²) >= 11 is 0. The molecule has 34 heavy (non-hydrogen) atoms. The van der Waals surface area contributed by atoms with E-state index in [0.29, 0.717) is 11.5 Å². The van der Waals surface area contributed by atoms with Crippen LogP contribution in [0, 0.1) is 0 Å². The Labute approximate surface area is 195 Å². The Balaban J connectivity index is 1.39. The van der Waals surface area contributed by atoms with Crippen LogP contribution in [0.4, 0.5) is 0 Å². The number of aromatic carboxylic acids is 1. The van der Waals surface area contributed by atoms with Gasteiger partial charge in [0.1, 0.15) is 6.61 Å². The van der Waals surface area contributed by atoms with Crippen molar-refractivity contribution in [1.82, 2.24) is 0 Å². The van der Waals surface area contributed by atoms with Crippen molar-refractivity contribution < 1.29 is 33.4 Å². The van der Waals surface area contributed by atoms with Gasteiger partial charge in [0.05, 0.1) is 24.0 Å². The number of hydrogen-bond donors (Lipinski definition) is 0. The molecular formula is C27H21NO6. The monoisotopic (exact) mass is 455 g/mol. The minimum absolute atomic E-state index is 0.136. The highest BCUT2D eigenvalue weighted by Gasteiger charge is 2.28. The molecule has 0 saturated heterocycles. The molecule has 0 fully saturated rings. The van der Waals surface area contributed by atoms with E-state index >= 15 is 0 Å². The van der Waals surface area contributed by atoms with Crippen molar-refractivity contribution in [3.63, 3.8) is 0 Å². The van der Waals surface area contributed by atoms with Gasteiger partial charge in [0.25, 0.3) is 0 Å². The number of fused-ring (bicyclic) bond motifs is 5. The minimum atomic E-state index is -1.20. The number of aromatic nitrogens is 1. The quantitative estimate of drug-likeness (QED) is 0.431. The van der Waals surface area contributed by atoms with E-state index in [9.17, 15) is 9.90 Å². The van der Waals surface area contributed by atoms with E-state index in [1.54, 1.807) is 19.2 Å². The lowest BCUT2D eigenvalue weighted by Gasteiger charge is -2.18. The second kappa shape index (κ2) is 7.95. The van der Waals surface area contributed by atoms with Crippen molar-refractivity contribution in [1.29, 1.82) is 0 Å². The van der Waals surface area contributed by atoms with Crippen LogP contribution in [0.3, 0.4) is 0 Å². The zero-order chi connectivity index (χ0) is 23.2. The number of pyridine rings is 1. The van der Waals surface area contributed by atoms with Crippen LogP contribution in [-0.4, -0.2) is 19.9 Å². The van der Waals surface area contributed by atoms with Gasteiger partial charge in [0, 0.05) is 12.5 Å². The Morgan fingerprint density at radius 1 is 1.06 bits per heavy atom. The first-order chi connectivity index (χ1) is 16.6. The summed E-state index contributed by atoms with van der Waals surface area (Å²) < 4.78 is 25.2. The minimum Gasteiger partial charge on any atom is -0.545 e. The standard InChI is InChI=1S/C27H21NO6/c1-31-23-7-6-18-10-22-20-12-25-24(33-15-34-25)11-19(20)8-9-28(22)13-21(18)26(23)32-14-16-2-4-17(5-3-16)27(29)30/h2-7,10-13H,8-9,14-15H2,1H3. The Morgan fingerprint density at radius 2 is 1.85 bits per heavy atom.